The van der Waals surface area contributed by atoms with Crippen LogP contribution < -0.4 is 11.1 Å². The minimum atomic E-state index is -0.722. The van der Waals surface area contributed by atoms with Crippen LogP contribution in [-0.2, 0) is 19.1 Å². The molecule has 2 saturated heterocycles. The van der Waals surface area contributed by atoms with Gasteiger partial charge in [0.2, 0.25) is 5.91 Å². The van der Waals surface area contributed by atoms with Gasteiger partial charge in [-0.05, 0) is 25.7 Å². The molecular weight excluding hydrogens is 236 g/mol. The van der Waals surface area contributed by atoms with Crippen LogP contribution in [0.3, 0.4) is 0 Å². The summed E-state index contributed by atoms with van der Waals surface area (Å²) in [6, 6.07) is -0.722. The molecule has 1 spiro atoms. The molecular formula is C12H20N2O4. The van der Waals surface area contributed by atoms with Crippen LogP contribution in [0.1, 0.15) is 25.7 Å². The molecule has 1 amide bonds. The van der Waals surface area contributed by atoms with Gasteiger partial charge >= 0.3 is 5.97 Å². The molecule has 2 fully saturated rings. The van der Waals surface area contributed by atoms with Gasteiger partial charge in [-0.3, -0.25) is 9.59 Å². The molecule has 2 aliphatic rings. The molecule has 3 N–H and O–H groups in total. The van der Waals surface area contributed by atoms with E-state index in [1.54, 1.807) is 0 Å². The normalized spacial score (nSPS) is 27.9. The van der Waals surface area contributed by atoms with E-state index in [0.29, 0.717) is 19.6 Å². The maximum absolute atomic E-state index is 11.9. The summed E-state index contributed by atoms with van der Waals surface area (Å²) >= 11 is 0. The fourth-order valence-electron chi connectivity index (χ4n) is 2.81. The van der Waals surface area contributed by atoms with E-state index in [4.69, 9.17) is 10.5 Å². The van der Waals surface area contributed by atoms with Crippen molar-refractivity contribution in [1.82, 2.24) is 5.32 Å². The highest BCUT2D eigenvalue weighted by molar-refractivity contribution is 5.83. The number of hydrogen-bond acceptors (Lipinski definition) is 5. The summed E-state index contributed by atoms with van der Waals surface area (Å²) in [7, 11) is 1.30. The number of hydrogen-bond donors (Lipinski definition) is 2. The summed E-state index contributed by atoms with van der Waals surface area (Å²) in [4.78, 5) is 23.2. The molecule has 0 aromatic heterocycles. The first kappa shape index (κ1) is 13.3. The number of amides is 1. The topological polar surface area (TPSA) is 90.7 Å². The molecule has 2 unspecified atom stereocenters. The lowest BCUT2D eigenvalue weighted by Crippen LogP contribution is -2.45. The summed E-state index contributed by atoms with van der Waals surface area (Å²) in [5, 5.41) is 3.06. The van der Waals surface area contributed by atoms with Crippen LogP contribution >= 0.6 is 0 Å². The van der Waals surface area contributed by atoms with Crippen molar-refractivity contribution in [3.05, 3.63) is 0 Å². The van der Waals surface area contributed by atoms with Crippen LogP contribution in [0, 0.1) is 5.92 Å². The molecule has 0 aromatic carbocycles. The molecule has 2 atom stereocenters. The second-order valence-electron chi connectivity index (χ2n) is 5.15. The van der Waals surface area contributed by atoms with Gasteiger partial charge in [0.25, 0.3) is 0 Å². The Balaban J connectivity index is 1.94. The van der Waals surface area contributed by atoms with Gasteiger partial charge in [0.05, 0.1) is 7.11 Å². The Kier molecular flexibility index (Phi) is 3.87. The average molecular weight is 256 g/mol. The number of ether oxygens (including phenoxy) is 2. The quantitative estimate of drug-likeness (QED) is 0.668. The Morgan fingerprint density at radius 1 is 1.61 bits per heavy atom. The Hall–Kier alpha value is -1.14. The predicted octanol–water partition coefficient (Wildman–Crippen LogP) is -0.438. The maximum atomic E-state index is 11.9. The fourth-order valence-corrected chi connectivity index (χ4v) is 2.81. The van der Waals surface area contributed by atoms with Crippen LogP contribution in [0.15, 0.2) is 0 Å². The van der Waals surface area contributed by atoms with Gasteiger partial charge in [0.15, 0.2) is 0 Å². The van der Waals surface area contributed by atoms with Gasteiger partial charge in [-0.15, -0.1) is 0 Å². The van der Waals surface area contributed by atoms with Gasteiger partial charge in [-0.2, -0.15) is 0 Å². The number of nitrogens with two attached hydrogens (primary N) is 1. The Morgan fingerprint density at radius 2 is 2.28 bits per heavy atom. The smallest absolute Gasteiger partial charge is 0.322 e. The molecule has 2 rings (SSSR count). The minimum absolute atomic E-state index is 0.00347. The summed E-state index contributed by atoms with van der Waals surface area (Å²) in [6.45, 7) is 1.35. The Labute approximate surface area is 106 Å². The predicted molar refractivity (Wildman–Crippen MR) is 63.6 cm³/mol. The number of carbonyl (C=O) groups excluding carboxylic acids is 2. The monoisotopic (exact) mass is 256 g/mol. The highest BCUT2D eigenvalue weighted by atomic mass is 16.5. The van der Waals surface area contributed by atoms with Gasteiger partial charge in [-0.1, -0.05) is 0 Å². The summed E-state index contributed by atoms with van der Waals surface area (Å²) in [6.07, 6.45) is 2.76. The third-order valence-electron chi connectivity index (χ3n) is 3.89. The van der Waals surface area contributed by atoms with Crippen molar-refractivity contribution in [3.8, 4) is 0 Å². The number of carbonyl (C=O) groups is 2. The zero-order valence-corrected chi connectivity index (χ0v) is 10.6. The fraction of sp³-hybridized carbons (Fsp3) is 0.833. The van der Waals surface area contributed by atoms with E-state index in [1.807, 2.05) is 0 Å². The molecule has 102 valence electrons. The van der Waals surface area contributed by atoms with Crippen LogP contribution in [0.25, 0.3) is 0 Å². The molecule has 0 saturated carbocycles. The molecule has 6 nitrogen and oxygen atoms in total. The Bertz CT molecular complexity index is 339. The first-order valence-corrected chi connectivity index (χ1v) is 6.29. The van der Waals surface area contributed by atoms with Crippen molar-refractivity contribution >= 4 is 11.9 Å². The van der Waals surface area contributed by atoms with Crippen molar-refractivity contribution in [1.29, 1.82) is 0 Å². The van der Waals surface area contributed by atoms with Crippen LogP contribution in [0.4, 0.5) is 0 Å². The number of nitrogens with one attached hydrogen (secondary N) is 1. The standard InChI is InChI=1S/C12H20N2O4/c1-17-11(16)9(13)6-8-7-12(14-10(8)15)2-4-18-5-3-12/h8-9H,2-7,13H2,1H3,(H,14,15). The molecule has 2 aliphatic heterocycles. The number of rotatable bonds is 3. The largest absolute Gasteiger partial charge is 0.468 e. The lowest BCUT2D eigenvalue weighted by molar-refractivity contribution is -0.142. The molecule has 0 bridgehead atoms. The van der Waals surface area contributed by atoms with Crippen LogP contribution in [0.2, 0.25) is 0 Å². The van der Waals surface area contributed by atoms with E-state index < -0.39 is 12.0 Å². The van der Waals surface area contributed by atoms with E-state index in [-0.39, 0.29) is 17.4 Å². The lowest BCUT2D eigenvalue weighted by Gasteiger charge is -2.33. The third-order valence-corrected chi connectivity index (χ3v) is 3.89. The summed E-state index contributed by atoms with van der Waals surface area (Å²) in [5.41, 5.74) is 5.57. The minimum Gasteiger partial charge on any atom is -0.468 e. The van der Waals surface area contributed by atoms with Crippen molar-refractivity contribution in [2.45, 2.75) is 37.3 Å². The molecule has 0 aromatic rings. The SMILES string of the molecule is COC(=O)C(N)CC1CC2(CCOCC2)NC1=O. The van der Waals surface area contributed by atoms with Gasteiger partial charge in [0, 0.05) is 24.7 Å². The number of methoxy groups -OCH3 is 1. The zero-order valence-electron chi connectivity index (χ0n) is 10.6. The van der Waals surface area contributed by atoms with Crippen LogP contribution in [-0.4, -0.2) is 43.8 Å². The lowest BCUT2D eigenvalue weighted by atomic mass is 9.84. The Morgan fingerprint density at radius 3 is 2.89 bits per heavy atom. The molecule has 2 heterocycles. The zero-order chi connectivity index (χ0) is 13.2. The molecule has 6 heteroatoms. The highest BCUT2D eigenvalue weighted by Gasteiger charge is 2.45. The summed E-state index contributed by atoms with van der Waals surface area (Å²) < 4.78 is 9.89. The molecule has 18 heavy (non-hydrogen) atoms. The first-order valence-electron chi connectivity index (χ1n) is 6.29. The van der Waals surface area contributed by atoms with Crippen molar-refractivity contribution in [2.75, 3.05) is 20.3 Å². The molecule has 0 radical (unpaired) electrons. The van der Waals surface area contributed by atoms with E-state index in [9.17, 15) is 9.59 Å². The highest BCUT2D eigenvalue weighted by Crippen LogP contribution is 2.35. The third kappa shape index (κ3) is 2.64. The number of esters is 1. The van der Waals surface area contributed by atoms with Gasteiger partial charge in [0.1, 0.15) is 6.04 Å². The first-order chi connectivity index (χ1) is 8.56. The second kappa shape index (κ2) is 5.24. The average Bonchev–Trinajstić information content (AvgIpc) is 2.65. The van der Waals surface area contributed by atoms with Crippen molar-refractivity contribution in [3.63, 3.8) is 0 Å². The van der Waals surface area contributed by atoms with Crippen LogP contribution in [0.5, 0.6) is 0 Å². The van der Waals surface area contributed by atoms with E-state index >= 15 is 0 Å². The van der Waals surface area contributed by atoms with Crippen molar-refractivity contribution < 1.29 is 19.1 Å². The molecule has 0 aliphatic carbocycles. The summed E-state index contributed by atoms with van der Waals surface area (Å²) in [5.74, 6) is -0.663. The van der Waals surface area contributed by atoms with E-state index in [2.05, 4.69) is 10.1 Å². The van der Waals surface area contributed by atoms with Crippen molar-refractivity contribution in [2.24, 2.45) is 11.7 Å². The maximum Gasteiger partial charge on any atom is 0.322 e. The van der Waals surface area contributed by atoms with E-state index in [0.717, 1.165) is 19.3 Å². The van der Waals surface area contributed by atoms with Gasteiger partial charge in [-0.25, -0.2) is 0 Å². The van der Waals surface area contributed by atoms with E-state index in [1.165, 1.54) is 7.11 Å². The van der Waals surface area contributed by atoms with Gasteiger partial charge < -0.3 is 20.5 Å². The second-order valence-corrected chi connectivity index (χ2v) is 5.15.